The van der Waals surface area contributed by atoms with Crippen LogP contribution in [0.3, 0.4) is 0 Å². The van der Waals surface area contributed by atoms with Crippen molar-refractivity contribution >= 4 is 11.0 Å². The Balaban J connectivity index is 2.40. The molecule has 0 saturated carbocycles. The number of hydrogen-bond donors (Lipinski definition) is 1. The highest BCUT2D eigenvalue weighted by molar-refractivity contribution is 5.75. The van der Waals surface area contributed by atoms with Crippen molar-refractivity contribution in [1.82, 2.24) is 19.5 Å². The number of pyridine rings is 2. The Hall–Kier alpha value is -2.43. The summed E-state index contributed by atoms with van der Waals surface area (Å²) in [7, 11) is 0. The van der Waals surface area contributed by atoms with Crippen LogP contribution in [0.2, 0.25) is 0 Å². The topological polar surface area (TPSA) is 63.6 Å². The maximum absolute atomic E-state index is 11.8. The number of aromatic nitrogens is 4. The molecule has 0 aromatic carbocycles. The predicted octanol–water partition coefficient (Wildman–Crippen LogP) is 1.11. The number of nitrogens with zero attached hydrogens (tertiary/aromatic N) is 3. The van der Waals surface area contributed by atoms with Crippen molar-refractivity contribution in [2.24, 2.45) is 0 Å². The lowest BCUT2D eigenvalue weighted by Crippen LogP contribution is -2.14. The van der Waals surface area contributed by atoms with Crippen molar-refractivity contribution < 1.29 is 0 Å². The molecule has 0 aliphatic carbocycles. The molecule has 0 bridgehead atoms. The van der Waals surface area contributed by atoms with Crippen molar-refractivity contribution in [3.05, 3.63) is 53.5 Å². The Morgan fingerprint density at radius 2 is 2.00 bits per heavy atom. The maximum Gasteiger partial charge on any atom is 0.331 e. The highest BCUT2D eigenvalue weighted by atomic mass is 16.1. The molecule has 78 valence electrons. The molecule has 3 aromatic rings. The van der Waals surface area contributed by atoms with Crippen molar-refractivity contribution in [3.63, 3.8) is 0 Å². The van der Waals surface area contributed by atoms with Crippen LogP contribution in [0.15, 0.2) is 47.8 Å². The zero-order valence-electron chi connectivity index (χ0n) is 8.29. The van der Waals surface area contributed by atoms with Gasteiger partial charge in [-0.25, -0.2) is 4.79 Å². The van der Waals surface area contributed by atoms with Crippen molar-refractivity contribution in [2.45, 2.75) is 0 Å². The third-order valence-corrected chi connectivity index (χ3v) is 2.39. The third kappa shape index (κ3) is 1.22. The van der Waals surface area contributed by atoms with Crippen LogP contribution in [0.1, 0.15) is 0 Å². The summed E-state index contributed by atoms with van der Waals surface area (Å²) < 4.78 is 1.57. The highest BCUT2D eigenvalue weighted by Crippen LogP contribution is 2.12. The average molecular weight is 212 g/mol. The van der Waals surface area contributed by atoms with Gasteiger partial charge in [-0.3, -0.25) is 14.5 Å². The van der Waals surface area contributed by atoms with Gasteiger partial charge >= 0.3 is 5.69 Å². The third-order valence-electron chi connectivity index (χ3n) is 2.39. The first-order chi connectivity index (χ1) is 7.86. The summed E-state index contributed by atoms with van der Waals surface area (Å²) in [6.07, 6.45) is 6.60. The standard InChI is InChI=1S/C11H8N4O/c16-11-14-9-7-13-5-3-10(9)15(11)8-2-1-4-12-6-8/h1-7H,(H,14,16). The second-order valence-electron chi connectivity index (χ2n) is 3.37. The van der Waals surface area contributed by atoms with Gasteiger partial charge in [-0.1, -0.05) is 0 Å². The molecule has 0 amide bonds. The van der Waals surface area contributed by atoms with E-state index in [1.54, 1.807) is 41.5 Å². The van der Waals surface area contributed by atoms with Gasteiger partial charge < -0.3 is 4.98 Å². The van der Waals surface area contributed by atoms with E-state index in [-0.39, 0.29) is 5.69 Å². The van der Waals surface area contributed by atoms with Gasteiger partial charge in [0.05, 0.1) is 29.1 Å². The Kier molecular flexibility index (Phi) is 1.83. The normalized spacial score (nSPS) is 10.8. The largest absolute Gasteiger partial charge is 0.331 e. The van der Waals surface area contributed by atoms with E-state index in [0.29, 0.717) is 0 Å². The van der Waals surface area contributed by atoms with Gasteiger partial charge in [0.1, 0.15) is 0 Å². The van der Waals surface area contributed by atoms with Gasteiger partial charge in [0.15, 0.2) is 0 Å². The molecule has 0 fully saturated rings. The molecule has 3 heterocycles. The monoisotopic (exact) mass is 212 g/mol. The van der Waals surface area contributed by atoms with E-state index in [2.05, 4.69) is 15.0 Å². The fourth-order valence-corrected chi connectivity index (χ4v) is 1.70. The van der Waals surface area contributed by atoms with Crippen LogP contribution in [-0.2, 0) is 0 Å². The molecule has 16 heavy (non-hydrogen) atoms. The van der Waals surface area contributed by atoms with Crippen molar-refractivity contribution in [3.8, 4) is 5.69 Å². The van der Waals surface area contributed by atoms with Crippen LogP contribution < -0.4 is 5.69 Å². The summed E-state index contributed by atoms with van der Waals surface area (Å²) in [5.41, 5.74) is 2.07. The van der Waals surface area contributed by atoms with Crippen LogP contribution in [0.4, 0.5) is 0 Å². The average Bonchev–Trinajstić information content (AvgIpc) is 2.66. The molecule has 5 heteroatoms. The van der Waals surface area contributed by atoms with Crippen LogP contribution >= 0.6 is 0 Å². The fourth-order valence-electron chi connectivity index (χ4n) is 1.70. The number of H-pyrrole nitrogens is 1. The molecular weight excluding hydrogens is 204 g/mol. The van der Waals surface area contributed by atoms with E-state index in [4.69, 9.17) is 0 Å². The molecule has 0 radical (unpaired) electrons. The van der Waals surface area contributed by atoms with E-state index in [9.17, 15) is 4.79 Å². The van der Waals surface area contributed by atoms with Gasteiger partial charge in [0.2, 0.25) is 0 Å². The van der Waals surface area contributed by atoms with E-state index >= 15 is 0 Å². The zero-order chi connectivity index (χ0) is 11.0. The van der Waals surface area contributed by atoms with Gasteiger partial charge in [0, 0.05) is 12.4 Å². The van der Waals surface area contributed by atoms with Crippen molar-refractivity contribution in [2.75, 3.05) is 0 Å². The molecule has 3 rings (SSSR count). The second kappa shape index (κ2) is 3.30. The minimum Gasteiger partial charge on any atom is -0.304 e. The Morgan fingerprint density at radius 3 is 2.81 bits per heavy atom. The Bertz CT molecular complexity index is 684. The lowest BCUT2D eigenvalue weighted by Gasteiger charge is -2.00. The van der Waals surface area contributed by atoms with Crippen LogP contribution in [0.25, 0.3) is 16.7 Å². The van der Waals surface area contributed by atoms with E-state index < -0.39 is 0 Å². The van der Waals surface area contributed by atoms with Gasteiger partial charge in [-0.15, -0.1) is 0 Å². The molecule has 1 N–H and O–H groups in total. The number of imidazole rings is 1. The summed E-state index contributed by atoms with van der Waals surface area (Å²) >= 11 is 0. The lowest BCUT2D eigenvalue weighted by atomic mass is 10.3. The molecule has 0 spiro atoms. The molecule has 5 nitrogen and oxygen atoms in total. The number of nitrogens with one attached hydrogen (secondary N) is 1. The van der Waals surface area contributed by atoms with Gasteiger partial charge in [0.25, 0.3) is 0 Å². The predicted molar refractivity (Wildman–Crippen MR) is 59.5 cm³/mol. The van der Waals surface area contributed by atoms with Crippen LogP contribution in [-0.4, -0.2) is 19.5 Å². The maximum atomic E-state index is 11.8. The zero-order valence-corrected chi connectivity index (χ0v) is 8.29. The summed E-state index contributed by atoms with van der Waals surface area (Å²) in [4.78, 5) is 22.5. The second-order valence-corrected chi connectivity index (χ2v) is 3.37. The van der Waals surface area contributed by atoms with E-state index in [0.717, 1.165) is 16.7 Å². The number of fused-ring (bicyclic) bond motifs is 1. The summed E-state index contributed by atoms with van der Waals surface area (Å²) in [5, 5.41) is 0. The molecule has 0 saturated heterocycles. The van der Waals surface area contributed by atoms with Crippen molar-refractivity contribution in [1.29, 1.82) is 0 Å². The Morgan fingerprint density at radius 1 is 1.12 bits per heavy atom. The van der Waals surface area contributed by atoms with E-state index in [1.807, 2.05) is 6.07 Å². The van der Waals surface area contributed by atoms with Crippen LogP contribution in [0.5, 0.6) is 0 Å². The number of hydrogen-bond acceptors (Lipinski definition) is 3. The minimum atomic E-state index is -0.184. The number of rotatable bonds is 1. The van der Waals surface area contributed by atoms with Crippen LogP contribution in [0, 0.1) is 0 Å². The molecular formula is C11H8N4O. The molecule has 0 aliphatic heterocycles. The van der Waals surface area contributed by atoms with Gasteiger partial charge in [-0.2, -0.15) is 0 Å². The van der Waals surface area contributed by atoms with Gasteiger partial charge in [-0.05, 0) is 18.2 Å². The first kappa shape index (κ1) is 8.84. The number of aromatic amines is 1. The quantitative estimate of drug-likeness (QED) is 0.657. The minimum absolute atomic E-state index is 0.184. The molecule has 0 unspecified atom stereocenters. The summed E-state index contributed by atoms with van der Waals surface area (Å²) in [5.74, 6) is 0. The molecule has 0 aliphatic rings. The first-order valence-electron chi connectivity index (χ1n) is 4.81. The smallest absolute Gasteiger partial charge is 0.304 e. The summed E-state index contributed by atoms with van der Waals surface area (Å²) in [6.45, 7) is 0. The highest BCUT2D eigenvalue weighted by Gasteiger charge is 2.07. The lowest BCUT2D eigenvalue weighted by molar-refractivity contribution is 1.00. The van der Waals surface area contributed by atoms with E-state index in [1.165, 1.54) is 0 Å². The molecule has 0 atom stereocenters. The Labute approximate surface area is 90.4 Å². The SMILES string of the molecule is O=c1[nH]c2cnccc2n1-c1cccnc1. The first-order valence-corrected chi connectivity index (χ1v) is 4.81. The fraction of sp³-hybridized carbons (Fsp3) is 0. The molecule has 3 aromatic heterocycles. The summed E-state index contributed by atoms with van der Waals surface area (Å²) in [6, 6.07) is 5.42.